The molecular weight excluding hydrogens is 410 g/mol. The van der Waals surface area contributed by atoms with Crippen LogP contribution in [0.5, 0.6) is 0 Å². The van der Waals surface area contributed by atoms with E-state index in [0.717, 1.165) is 17.8 Å². The Labute approximate surface area is 177 Å². The molecule has 2 aliphatic rings. The van der Waals surface area contributed by atoms with Crippen LogP contribution < -0.4 is 5.32 Å². The van der Waals surface area contributed by atoms with Gasteiger partial charge in [0.05, 0.1) is 30.5 Å². The lowest BCUT2D eigenvalue weighted by molar-refractivity contribution is -0.166. The summed E-state index contributed by atoms with van der Waals surface area (Å²) in [5, 5.41) is 6.39. The summed E-state index contributed by atoms with van der Waals surface area (Å²) in [6.45, 7) is 8.47. The first kappa shape index (κ1) is 22.7. The van der Waals surface area contributed by atoms with Gasteiger partial charge in [-0.25, -0.2) is 8.42 Å². The van der Waals surface area contributed by atoms with E-state index in [1.165, 1.54) is 9.21 Å². The monoisotopic (exact) mass is 441 g/mol. The van der Waals surface area contributed by atoms with Crippen LogP contribution in [0.1, 0.15) is 32.0 Å². The van der Waals surface area contributed by atoms with Crippen molar-refractivity contribution < 1.29 is 22.7 Å². The number of hydrogen-bond acceptors (Lipinski definition) is 6. The summed E-state index contributed by atoms with van der Waals surface area (Å²) in [5.74, 6) is -1.67. The number of aryl methyl sites for hydroxylation is 1. The minimum Gasteiger partial charge on any atom is -0.361 e. The van der Waals surface area contributed by atoms with Crippen molar-refractivity contribution in [1.82, 2.24) is 24.3 Å². The topological polar surface area (TPSA) is 114 Å². The summed E-state index contributed by atoms with van der Waals surface area (Å²) < 4.78 is 34.5. The smallest absolute Gasteiger partial charge is 0.254 e. The average Bonchev–Trinajstić information content (AvgIpc) is 3.25. The highest BCUT2D eigenvalue weighted by molar-refractivity contribution is 7.89. The van der Waals surface area contributed by atoms with E-state index in [1.54, 1.807) is 27.1 Å². The molecule has 30 heavy (non-hydrogen) atoms. The molecule has 0 bridgehead atoms. The van der Waals surface area contributed by atoms with Crippen molar-refractivity contribution in [2.75, 3.05) is 33.3 Å². The molecule has 0 aliphatic carbocycles. The Morgan fingerprint density at radius 1 is 1.47 bits per heavy atom. The van der Waals surface area contributed by atoms with Crippen LogP contribution in [0.2, 0.25) is 0 Å². The van der Waals surface area contributed by atoms with Gasteiger partial charge in [-0.15, -0.1) is 0 Å². The van der Waals surface area contributed by atoms with E-state index >= 15 is 0 Å². The maximum Gasteiger partial charge on any atom is 0.254 e. The maximum absolute atomic E-state index is 13.4. The van der Waals surface area contributed by atoms with Gasteiger partial charge in [0, 0.05) is 44.5 Å². The molecule has 2 saturated heterocycles. The first-order chi connectivity index (χ1) is 14.0. The normalized spacial score (nSPS) is 25.1. The third kappa shape index (κ3) is 3.74. The Morgan fingerprint density at radius 2 is 2.17 bits per heavy atom. The first-order valence-corrected chi connectivity index (χ1v) is 11.7. The molecule has 1 spiro atoms. The van der Waals surface area contributed by atoms with Crippen LogP contribution in [-0.2, 0) is 37.4 Å². The van der Waals surface area contributed by atoms with Gasteiger partial charge in [-0.3, -0.25) is 14.3 Å². The highest BCUT2D eigenvalue weighted by atomic mass is 32.2. The lowest BCUT2D eigenvalue weighted by Gasteiger charge is -2.37. The van der Waals surface area contributed by atoms with Crippen LogP contribution in [0.25, 0.3) is 0 Å². The first-order valence-electron chi connectivity index (χ1n) is 10.2. The Morgan fingerprint density at radius 3 is 2.73 bits per heavy atom. The fourth-order valence-electron chi connectivity index (χ4n) is 4.11. The largest absolute Gasteiger partial charge is 0.361 e. The molecule has 2 aliphatic heterocycles. The number of nitrogens with one attached hydrogen (secondary N) is 1. The molecule has 168 valence electrons. The van der Waals surface area contributed by atoms with E-state index in [4.69, 9.17) is 4.74 Å². The van der Waals surface area contributed by atoms with Crippen molar-refractivity contribution in [2.45, 2.75) is 51.6 Å². The van der Waals surface area contributed by atoms with Crippen molar-refractivity contribution in [3.05, 3.63) is 17.5 Å². The number of amides is 2. The van der Waals surface area contributed by atoms with Crippen LogP contribution in [0, 0.1) is 12.8 Å². The third-order valence-electron chi connectivity index (χ3n) is 6.03. The Bertz CT molecular complexity index is 928. The molecule has 3 rings (SSSR count). The van der Waals surface area contributed by atoms with E-state index < -0.39 is 32.7 Å². The molecule has 0 aromatic carbocycles. The van der Waals surface area contributed by atoms with Crippen LogP contribution in [-0.4, -0.2) is 83.4 Å². The fourth-order valence-corrected chi connectivity index (χ4v) is 5.43. The van der Waals surface area contributed by atoms with Crippen molar-refractivity contribution in [3.8, 4) is 0 Å². The van der Waals surface area contributed by atoms with E-state index in [2.05, 4.69) is 10.4 Å². The zero-order chi connectivity index (χ0) is 22.3. The summed E-state index contributed by atoms with van der Waals surface area (Å²) in [5.41, 5.74) is 0.364. The van der Waals surface area contributed by atoms with Crippen molar-refractivity contribution in [1.29, 1.82) is 0 Å². The lowest BCUT2D eigenvalue weighted by Crippen LogP contribution is -2.62. The zero-order valence-electron chi connectivity index (χ0n) is 18.2. The molecule has 0 unspecified atom stereocenters. The highest BCUT2D eigenvalue weighted by Crippen LogP contribution is 2.37. The highest BCUT2D eigenvalue weighted by Gasteiger charge is 2.60. The summed E-state index contributed by atoms with van der Waals surface area (Å²) in [6.07, 6.45) is 1.73. The minimum atomic E-state index is -3.64. The van der Waals surface area contributed by atoms with Crippen LogP contribution in [0.15, 0.2) is 6.20 Å². The second-order valence-electron chi connectivity index (χ2n) is 8.20. The molecule has 0 radical (unpaired) electrons. The van der Waals surface area contributed by atoms with Crippen LogP contribution in [0.3, 0.4) is 0 Å². The molecule has 11 heteroatoms. The number of sulfonamides is 1. The predicted octanol–water partition coefficient (Wildman–Crippen LogP) is -0.275. The Balaban J connectivity index is 1.89. The van der Waals surface area contributed by atoms with Gasteiger partial charge in [-0.05, 0) is 27.7 Å². The van der Waals surface area contributed by atoms with E-state index in [9.17, 15) is 18.0 Å². The van der Waals surface area contributed by atoms with E-state index in [0.29, 0.717) is 13.1 Å². The third-order valence-corrected chi connectivity index (χ3v) is 8.22. The van der Waals surface area contributed by atoms with Crippen LogP contribution in [0.4, 0.5) is 0 Å². The maximum atomic E-state index is 13.4. The average molecular weight is 442 g/mol. The second-order valence-corrected chi connectivity index (χ2v) is 10.7. The number of aromatic nitrogens is 2. The summed E-state index contributed by atoms with van der Waals surface area (Å²) in [4.78, 5) is 27.7. The number of carbonyl (C=O) groups excluding carboxylic acids is 2. The van der Waals surface area contributed by atoms with E-state index in [1.807, 2.05) is 18.5 Å². The molecule has 1 aromatic heterocycles. The second kappa shape index (κ2) is 8.27. The number of morpholine rings is 1. The molecule has 2 amide bonds. The van der Waals surface area contributed by atoms with Gasteiger partial charge in [0.15, 0.2) is 5.60 Å². The number of ether oxygens (including phenoxy) is 1. The lowest BCUT2D eigenvalue weighted by atomic mass is 9.87. The SMILES string of the molecule is CCn1ncc(CN(C)C(=O)[C@H]2CN(S(=O)(=O)C(C)C)C[C@@]23OCCNC3=O)c1C. The quantitative estimate of drug-likeness (QED) is 0.650. The predicted molar refractivity (Wildman–Crippen MR) is 110 cm³/mol. The molecule has 3 heterocycles. The number of rotatable bonds is 6. The van der Waals surface area contributed by atoms with Gasteiger partial charge in [0.25, 0.3) is 5.91 Å². The summed E-state index contributed by atoms with van der Waals surface area (Å²) in [6, 6.07) is 0. The van der Waals surface area contributed by atoms with Crippen molar-refractivity contribution >= 4 is 21.8 Å². The number of hydrogen-bond donors (Lipinski definition) is 1. The number of carbonyl (C=O) groups is 2. The van der Waals surface area contributed by atoms with Crippen LogP contribution >= 0.6 is 0 Å². The summed E-state index contributed by atoms with van der Waals surface area (Å²) in [7, 11) is -1.99. The molecule has 1 aromatic rings. The standard InChI is InChI=1S/C19H31N5O5S/c1-6-24-14(4)15(9-21-24)10-22(5)17(25)16-11-23(30(27,28)13(2)3)12-19(16)18(26)20-7-8-29-19/h9,13,16H,6-8,10-12H2,1-5H3,(H,20,26)/t16-,19-/m1/s1. The van der Waals surface area contributed by atoms with E-state index in [-0.39, 0.29) is 25.6 Å². The summed E-state index contributed by atoms with van der Waals surface area (Å²) >= 11 is 0. The van der Waals surface area contributed by atoms with Gasteiger partial charge >= 0.3 is 0 Å². The minimum absolute atomic E-state index is 0.0791. The van der Waals surface area contributed by atoms with Gasteiger partial charge in [-0.1, -0.05) is 0 Å². The Kier molecular flexibility index (Phi) is 6.26. The number of nitrogens with zero attached hydrogens (tertiary/aromatic N) is 4. The fraction of sp³-hybridized carbons (Fsp3) is 0.737. The van der Waals surface area contributed by atoms with Gasteiger partial charge < -0.3 is 15.0 Å². The van der Waals surface area contributed by atoms with Gasteiger partial charge in [0.2, 0.25) is 15.9 Å². The zero-order valence-corrected chi connectivity index (χ0v) is 19.0. The molecule has 2 fully saturated rings. The molecule has 1 N–H and O–H groups in total. The Hall–Kier alpha value is -1.98. The molecule has 2 atom stereocenters. The van der Waals surface area contributed by atoms with Crippen molar-refractivity contribution in [3.63, 3.8) is 0 Å². The molecule has 10 nitrogen and oxygen atoms in total. The van der Waals surface area contributed by atoms with Crippen molar-refractivity contribution in [2.24, 2.45) is 5.92 Å². The van der Waals surface area contributed by atoms with Gasteiger partial charge in [-0.2, -0.15) is 9.40 Å². The molecular formula is C19H31N5O5S. The van der Waals surface area contributed by atoms with Gasteiger partial charge in [0.1, 0.15) is 0 Å². The molecule has 0 saturated carbocycles.